The Balaban J connectivity index is 1.05. The number of likely N-dealkylation sites (tertiary alicyclic amines) is 2. The number of hydrogen-bond donors (Lipinski definition) is 2. The highest BCUT2D eigenvalue weighted by atomic mass is 16.6. The van der Waals surface area contributed by atoms with Gasteiger partial charge in [0.2, 0.25) is 11.8 Å². The third-order valence-corrected chi connectivity index (χ3v) is 11.7. The Labute approximate surface area is 291 Å². The first-order chi connectivity index (χ1) is 23.6. The van der Waals surface area contributed by atoms with Gasteiger partial charge >= 0.3 is 6.09 Å². The molecule has 0 radical (unpaired) electrons. The average molecular weight is 677 g/mol. The summed E-state index contributed by atoms with van der Waals surface area (Å²) < 4.78 is 7.72. The number of ether oxygens (including phenoxy) is 1. The molecule has 2 aromatic rings. The molecule has 1 atom stereocenters. The number of aryl methyl sites for hydroxylation is 1. The fourth-order valence-corrected chi connectivity index (χ4v) is 8.64. The summed E-state index contributed by atoms with van der Waals surface area (Å²) in [6.45, 7) is 10.6. The molecule has 1 saturated carbocycles. The summed E-state index contributed by atoms with van der Waals surface area (Å²) in [4.78, 5) is 46.7. The van der Waals surface area contributed by atoms with Crippen LogP contribution in [0.2, 0.25) is 0 Å². The van der Waals surface area contributed by atoms with Gasteiger partial charge in [0, 0.05) is 56.9 Å². The SMILES string of the molecule is CCCCN1C(=O)[C@@H](CC2(O)CCCCC2)NC(=O)C12CCN(Cc1c(C)nn(C3CCN(C(=O)OCc4ccccc4)CC3)c1C)CC2. The van der Waals surface area contributed by atoms with Crippen LogP contribution < -0.4 is 5.32 Å². The molecule has 0 bridgehead atoms. The second-order valence-corrected chi connectivity index (χ2v) is 15.0. The number of rotatable bonds is 10. The quantitative estimate of drug-likeness (QED) is 0.363. The summed E-state index contributed by atoms with van der Waals surface area (Å²) in [7, 11) is 0. The van der Waals surface area contributed by atoms with Crippen LogP contribution in [-0.4, -0.2) is 97.4 Å². The number of carbonyl (C=O) groups is 3. The predicted octanol–water partition coefficient (Wildman–Crippen LogP) is 5.02. The van der Waals surface area contributed by atoms with Gasteiger partial charge in [0.25, 0.3) is 0 Å². The molecule has 1 aromatic heterocycles. The van der Waals surface area contributed by atoms with Gasteiger partial charge in [-0.2, -0.15) is 5.10 Å². The molecule has 3 saturated heterocycles. The summed E-state index contributed by atoms with van der Waals surface area (Å²) in [6, 6.07) is 9.31. The summed E-state index contributed by atoms with van der Waals surface area (Å²) >= 11 is 0. The first kappa shape index (κ1) is 35.4. The summed E-state index contributed by atoms with van der Waals surface area (Å²) in [5, 5.41) is 19.3. The topological polar surface area (TPSA) is 120 Å². The molecule has 3 aliphatic heterocycles. The van der Waals surface area contributed by atoms with E-state index in [9.17, 15) is 19.5 Å². The van der Waals surface area contributed by atoms with Crippen molar-refractivity contribution >= 4 is 17.9 Å². The maximum absolute atomic E-state index is 14.0. The van der Waals surface area contributed by atoms with Crippen LogP contribution in [0.25, 0.3) is 0 Å². The summed E-state index contributed by atoms with van der Waals surface area (Å²) in [5.74, 6) is -0.0771. The van der Waals surface area contributed by atoms with Crippen LogP contribution in [-0.2, 0) is 27.5 Å². The number of unbranched alkanes of at least 4 members (excludes halogenated alkanes) is 1. The molecule has 0 unspecified atom stereocenters. The van der Waals surface area contributed by atoms with Crippen LogP contribution >= 0.6 is 0 Å². The van der Waals surface area contributed by atoms with Crippen LogP contribution in [0.5, 0.6) is 0 Å². The van der Waals surface area contributed by atoms with E-state index in [2.05, 4.69) is 35.7 Å². The Morgan fingerprint density at radius 2 is 1.69 bits per heavy atom. The van der Waals surface area contributed by atoms with Gasteiger partial charge in [-0.25, -0.2) is 4.79 Å². The zero-order chi connectivity index (χ0) is 34.6. The molecule has 11 heteroatoms. The van der Waals surface area contributed by atoms with Crippen molar-refractivity contribution in [2.75, 3.05) is 32.7 Å². The average Bonchev–Trinajstić information content (AvgIpc) is 3.39. The standard InChI is InChI=1S/C38H56N6O5/c1-4-5-20-43-34(45)33(25-37(48)16-10-7-11-17-37)39-35(46)38(43)18-23-41(24-19-38)26-32-28(2)40-44(29(32)3)31-14-21-42(22-15-31)36(47)49-27-30-12-8-6-9-13-30/h6,8-9,12-13,31,33,48H,4-5,7,10-11,14-27H2,1-3H3,(H,39,46)/t33-/m1/s1. The molecule has 6 rings (SSSR count). The van der Waals surface area contributed by atoms with Crippen molar-refractivity contribution in [3.63, 3.8) is 0 Å². The number of piperidine rings is 2. The lowest BCUT2D eigenvalue weighted by atomic mass is 9.77. The molecule has 4 heterocycles. The van der Waals surface area contributed by atoms with Crippen molar-refractivity contribution in [3.8, 4) is 0 Å². The van der Waals surface area contributed by atoms with Gasteiger partial charge in [0.1, 0.15) is 18.2 Å². The molecule has 1 aromatic carbocycles. The Hall–Kier alpha value is -3.44. The van der Waals surface area contributed by atoms with Crippen molar-refractivity contribution in [1.82, 2.24) is 29.8 Å². The Morgan fingerprint density at radius 3 is 2.37 bits per heavy atom. The molecule has 1 aliphatic carbocycles. The van der Waals surface area contributed by atoms with Crippen molar-refractivity contribution in [2.24, 2.45) is 0 Å². The molecule has 4 fully saturated rings. The van der Waals surface area contributed by atoms with Crippen molar-refractivity contribution in [3.05, 3.63) is 52.8 Å². The first-order valence-electron chi connectivity index (χ1n) is 18.7. The highest BCUT2D eigenvalue weighted by Gasteiger charge is 2.54. The second kappa shape index (κ2) is 15.2. The lowest BCUT2D eigenvalue weighted by Gasteiger charge is -2.52. The highest BCUT2D eigenvalue weighted by Crippen LogP contribution is 2.38. The van der Waals surface area contributed by atoms with Gasteiger partial charge in [0.15, 0.2) is 0 Å². The molecule has 4 aliphatic rings. The predicted molar refractivity (Wildman–Crippen MR) is 187 cm³/mol. The second-order valence-electron chi connectivity index (χ2n) is 15.0. The van der Waals surface area contributed by atoms with Gasteiger partial charge in [-0.15, -0.1) is 0 Å². The van der Waals surface area contributed by atoms with E-state index >= 15 is 0 Å². The van der Waals surface area contributed by atoms with Crippen LogP contribution in [0.3, 0.4) is 0 Å². The van der Waals surface area contributed by atoms with Crippen molar-refractivity contribution in [1.29, 1.82) is 0 Å². The van der Waals surface area contributed by atoms with E-state index in [0.29, 0.717) is 64.8 Å². The molecular formula is C38H56N6O5. The first-order valence-corrected chi connectivity index (χ1v) is 18.7. The maximum Gasteiger partial charge on any atom is 0.410 e. The Kier molecular flexibility index (Phi) is 11.0. The number of nitrogens with one attached hydrogen (secondary N) is 1. The van der Waals surface area contributed by atoms with Crippen LogP contribution in [0.4, 0.5) is 4.79 Å². The lowest BCUT2D eigenvalue weighted by Crippen LogP contribution is -2.73. The van der Waals surface area contributed by atoms with E-state index < -0.39 is 17.2 Å². The number of hydrogen-bond acceptors (Lipinski definition) is 7. The molecule has 268 valence electrons. The lowest BCUT2D eigenvalue weighted by molar-refractivity contribution is -0.163. The van der Waals surface area contributed by atoms with E-state index in [0.717, 1.165) is 68.4 Å². The normalized spacial score (nSPS) is 23.1. The number of nitrogens with zero attached hydrogens (tertiary/aromatic N) is 5. The van der Waals surface area contributed by atoms with Gasteiger partial charge in [-0.05, 0) is 64.4 Å². The van der Waals surface area contributed by atoms with E-state index in [4.69, 9.17) is 9.84 Å². The van der Waals surface area contributed by atoms with Crippen LogP contribution in [0, 0.1) is 13.8 Å². The Morgan fingerprint density at radius 1 is 1.00 bits per heavy atom. The maximum atomic E-state index is 14.0. The number of aliphatic hydroxyl groups is 1. The van der Waals surface area contributed by atoms with Crippen LogP contribution in [0.1, 0.15) is 113 Å². The third-order valence-electron chi connectivity index (χ3n) is 11.7. The number of aromatic nitrogens is 2. The van der Waals surface area contributed by atoms with E-state index in [1.54, 1.807) is 4.90 Å². The fraction of sp³-hybridized carbons (Fsp3) is 0.684. The zero-order valence-electron chi connectivity index (χ0n) is 29.8. The zero-order valence-corrected chi connectivity index (χ0v) is 29.8. The molecular weight excluding hydrogens is 620 g/mol. The third kappa shape index (κ3) is 7.67. The minimum Gasteiger partial charge on any atom is -0.445 e. The van der Waals surface area contributed by atoms with Gasteiger partial charge < -0.3 is 25.0 Å². The summed E-state index contributed by atoms with van der Waals surface area (Å²) in [6.07, 6.45) is 9.11. The molecule has 3 amide bonds. The van der Waals surface area contributed by atoms with E-state index in [1.807, 2.05) is 35.2 Å². The molecule has 1 spiro atoms. The van der Waals surface area contributed by atoms with E-state index in [1.165, 1.54) is 5.56 Å². The number of carbonyl (C=O) groups excluding carboxylic acids is 3. The summed E-state index contributed by atoms with van der Waals surface area (Å²) in [5.41, 5.74) is 2.66. The fourth-order valence-electron chi connectivity index (χ4n) is 8.64. The molecule has 11 nitrogen and oxygen atoms in total. The Bertz CT molecular complexity index is 1450. The molecule has 49 heavy (non-hydrogen) atoms. The van der Waals surface area contributed by atoms with E-state index in [-0.39, 0.29) is 30.6 Å². The van der Waals surface area contributed by atoms with Gasteiger partial charge in [-0.1, -0.05) is 62.9 Å². The minimum atomic E-state index is -0.873. The van der Waals surface area contributed by atoms with Crippen molar-refractivity contribution < 1.29 is 24.2 Å². The van der Waals surface area contributed by atoms with Gasteiger partial charge in [-0.3, -0.25) is 19.2 Å². The van der Waals surface area contributed by atoms with Gasteiger partial charge in [0.05, 0.1) is 17.3 Å². The van der Waals surface area contributed by atoms with Crippen molar-refractivity contribution in [2.45, 2.75) is 134 Å². The monoisotopic (exact) mass is 676 g/mol. The number of benzene rings is 1. The number of piperazine rings is 1. The number of amides is 3. The largest absolute Gasteiger partial charge is 0.445 e. The minimum absolute atomic E-state index is 0.0241. The molecule has 2 N–H and O–H groups in total. The van der Waals surface area contributed by atoms with Crippen LogP contribution in [0.15, 0.2) is 30.3 Å². The smallest absolute Gasteiger partial charge is 0.410 e. The highest BCUT2D eigenvalue weighted by molar-refractivity contribution is 6.00.